The number of rotatable bonds is 2. The number of anilines is 1. The molecule has 2 rings (SSSR count). The molecule has 0 aliphatic carbocycles. The lowest BCUT2D eigenvalue weighted by molar-refractivity contribution is -0.141. The summed E-state index contributed by atoms with van der Waals surface area (Å²) in [4.78, 5) is 3.17. The highest BCUT2D eigenvalue weighted by molar-refractivity contribution is 9.10. The van der Waals surface area contributed by atoms with Gasteiger partial charge in [-0.15, -0.1) is 0 Å². The van der Waals surface area contributed by atoms with Gasteiger partial charge in [0.25, 0.3) is 0 Å². The van der Waals surface area contributed by atoms with Crippen LogP contribution in [0.2, 0.25) is 5.02 Å². The number of aromatic nitrogens is 1. The quantitative estimate of drug-likeness (QED) is 0.583. The third kappa shape index (κ3) is 3.56. The Bertz CT molecular complexity index is 694. The minimum Gasteiger partial charge on any atom is -0.454 e. The smallest absolute Gasteiger partial charge is 0.433 e. The average molecular weight is 386 g/mol. The molecular weight excluding hydrogens is 379 g/mol. The summed E-state index contributed by atoms with van der Waals surface area (Å²) >= 11 is 8.63. The minimum atomic E-state index is -4.64. The number of nitrogens with two attached hydrogens (primary N) is 1. The van der Waals surface area contributed by atoms with Crippen LogP contribution in [0.25, 0.3) is 0 Å². The first-order valence-corrected chi connectivity index (χ1v) is 6.50. The first-order valence-electron chi connectivity index (χ1n) is 5.33. The lowest BCUT2D eigenvalue weighted by Crippen LogP contribution is -2.08. The van der Waals surface area contributed by atoms with Crippen molar-refractivity contribution in [3.8, 4) is 11.5 Å². The maximum absolute atomic E-state index is 13.4. The highest BCUT2D eigenvalue weighted by Gasteiger charge is 2.33. The minimum absolute atomic E-state index is 0.0667. The molecule has 2 N–H and O–H groups in total. The SMILES string of the molecule is Nc1cnc(C(F)(F)F)cc1Oc1cc(F)c(Cl)cc1Br. The van der Waals surface area contributed by atoms with Crippen LogP contribution in [-0.2, 0) is 6.18 Å². The summed E-state index contributed by atoms with van der Waals surface area (Å²) in [7, 11) is 0. The predicted octanol–water partition coefficient (Wildman–Crippen LogP) is 5.03. The Morgan fingerprint density at radius 1 is 1.19 bits per heavy atom. The van der Waals surface area contributed by atoms with Gasteiger partial charge in [-0.3, -0.25) is 0 Å². The van der Waals surface area contributed by atoms with Crippen molar-refractivity contribution in [3.63, 3.8) is 0 Å². The first kappa shape index (κ1) is 15.8. The van der Waals surface area contributed by atoms with Crippen molar-refractivity contribution in [2.75, 3.05) is 5.73 Å². The summed E-state index contributed by atoms with van der Waals surface area (Å²) in [5, 5.41) is -0.159. The van der Waals surface area contributed by atoms with Crippen molar-refractivity contribution >= 4 is 33.2 Å². The van der Waals surface area contributed by atoms with E-state index in [0.29, 0.717) is 6.07 Å². The second-order valence-corrected chi connectivity index (χ2v) is 5.17. The number of benzene rings is 1. The highest BCUT2D eigenvalue weighted by atomic mass is 79.9. The van der Waals surface area contributed by atoms with Gasteiger partial charge in [0.15, 0.2) is 5.75 Å². The van der Waals surface area contributed by atoms with E-state index in [2.05, 4.69) is 20.9 Å². The summed E-state index contributed by atoms with van der Waals surface area (Å²) in [6.45, 7) is 0. The Morgan fingerprint density at radius 2 is 1.86 bits per heavy atom. The van der Waals surface area contributed by atoms with Crippen molar-refractivity contribution in [1.29, 1.82) is 0 Å². The largest absolute Gasteiger partial charge is 0.454 e. The van der Waals surface area contributed by atoms with Gasteiger partial charge < -0.3 is 10.5 Å². The van der Waals surface area contributed by atoms with Gasteiger partial charge in [0.05, 0.1) is 21.4 Å². The molecule has 0 radical (unpaired) electrons. The second kappa shape index (κ2) is 5.69. The molecule has 1 heterocycles. The number of pyridine rings is 1. The van der Waals surface area contributed by atoms with Gasteiger partial charge in [0.1, 0.15) is 17.3 Å². The molecule has 2 aromatic rings. The maximum atomic E-state index is 13.4. The standard InChI is InChI=1S/C12H6BrClF4N2O/c13-5-1-6(14)7(15)2-9(5)21-10-3-11(12(16,17)18)20-4-8(10)19/h1-4H,19H2. The first-order chi connectivity index (χ1) is 9.68. The van der Waals surface area contributed by atoms with Crippen LogP contribution in [-0.4, -0.2) is 4.98 Å². The molecule has 1 aromatic carbocycles. The molecule has 9 heteroatoms. The fourth-order valence-electron chi connectivity index (χ4n) is 1.39. The summed E-state index contributed by atoms with van der Waals surface area (Å²) in [5.74, 6) is -1.14. The third-order valence-electron chi connectivity index (χ3n) is 2.38. The van der Waals surface area contributed by atoms with E-state index in [1.54, 1.807) is 0 Å². The Hall–Kier alpha value is -1.54. The molecule has 0 saturated carbocycles. The predicted molar refractivity (Wildman–Crippen MR) is 72.8 cm³/mol. The number of hydrogen-bond donors (Lipinski definition) is 1. The number of nitrogens with zero attached hydrogens (tertiary/aromatic N) is 1. The van der Waals surface area contributed by atoms with E-state index in [4.69, 9.17) is 22.1 Å². The van der Waals surface area contributed by atoms with Gasteiger partial charge in [-0.2, -0.15) is 13.2 Å². The summed E-state index contributed by atoms with van der Waals surface area (Å²) < 4.78 is 56.6. The normalized spacial score (nSPS) is 11.5. The van der Waals surface area contributed by atoms with Crippen molar-refractivity contribution in [2.45, 2.75) is 6.18 Å². The van der Waals surface area contributed by atoms with E-state index in [0.717, 1.165) is 12.3 Å². The number of halogens is 6. The van der Waals surface area contributed by atoms with E-state index < -0.39 is 17.7 Å². The molecule has 3 nitrogen and oxygen atoms in total. The van der Waals surface area contributed by atoms with Crippen LogP contribution in [0, 0.1) is 5.82 Å². The summed E-state index contributed by atoms with van der Waals surface area (Å²) in [5.41, 5.74) is 4.22. The number of ether oxygens (including phenoxy) is 1. The van der Waals surface area contributed by atoms with Gasteiger partial charge in [-0.1, -0.05) is 11.6 Å². The molecule has 0 bridgehead atoms. The van der Waals surface area contributed by atoms with Crippen molar-refractivity contribution in [1.82, 2.24) is 4.98 Å². The molecule has 0 unspecified atom stereocenters. The zero-order valence-corrected chi connectivity index (χ0v) is 12.4. The molecule has 21 heavy (non-hydrogen) atoms. The van der Waals surface area contributed by atoms with Gasteiger partial charge in [-0.25, -0.2) is 9.37 Å². The Kier molecular flexibility index (Phi) is 4.29. The average Bonchev–Trinajstić information content (AvgIpc) is 2.37. The van der Waals surface area contributed by atoms with E-state index >= 15 is 0 Å². The number of nitrogen functional groups attached to an aromatic ring is 1. The molecule has 0 aliphatic heterocycles. The topological polar surface area (TPSA) is 48.1 Å². The van der Waals surface area contributed by atoms with E-state index in [9.17, 15) is 17.6 Å². The van der Waals surface area contributed by atoms with Crippen molar-refractivity contribution < 1.29 is 22.3 Å². The fourth-order valence-corrected chi connectivity index (χ4v) is 2.11. The van der Waals surface area contributed by atoms with Gasteiger partial charge in [0, 0.05) is 12.1 Å². The molecule has 112 valence electrons. The van der Waals surface area contributed by atoms with Crippen LogP contribution in [0.3, 0.4) is 0 Å². The van der Waals surface area contributed by atoms with E-state index in [1.165, 1.54) is 6.07 Å². The maximum Gasteiger partial charge on any atom is 0.433 e. The van der Waals surface area contributed by atoms with Crippen LogP contribution < -0.4 is 10.5 Å². The lowest BCUT2D eigenvalue weighted by atomic mass is 10.3. The molecule has 0 amide bonds. The van der Waals surface area contributed by atoms with Crippen LogP contribution >= 0.6 is 27.5 Å². The zero-order valence-electron chi connectivity index (χ0n) is 10.0. The second-order valence-electron chi connectivity index (χ2n) is 3.90. The van der Waals surface area contributed by atoms with Crippen LogP contribution in [0.1, 0.15) is 5.69 Å². The summed E-state index contributed by atoms with van der Waals surface area (Å²) in [6, 6.07) is 2.78. The Labute approximate surface area is 129 Å². The van der Waals surface area contributed by atoms with E-state index in [1.807, 2.05) is 0 Å². The molecular formula is C12H6BrClF4N2O. The molecule has 0 saturated heterocycles. The molecule has 0 aliphatic rings. The molecule has 1 aromatic heterocycles. The van der Waals surface area contributed by atoms with Crippen molar-refractivity contribution in [3.05, 3.63) is 45.4 Å². The van der Waals surface area contributed by atoms with Crippen LogP contribution in [0.15, 0.2) is 28.9 Å². The fraction of sp³-hybridized carbons (Fsp3) is 0.0833. The number of hydrogen-bond acceptors (Lipinski definition) is 3. The van der Waals surface area contributed by atoms with Gasteiger partial charge in [0.2, 0.25) is 0 Å². The zero-order chi connectivity index (χ0) is 15.8. The Morgan fingerprint density at radius 3 is 2.48 bits per heavy atom. The summed E-state index contributed by atoms with van der Waals surface area (Å²) in [6.07, 6.45) is -3.83. The molecule has 0 fully saturated rings. The third-order valence-corrected chi connectivity index (χ3v) is 3.29. The Balaban J connectivity index is 2.42. The molecule has 0 atom stereocenters. The van der Waals surface area contributed by atoms with Crippen LogP contribution in [0.5, 0.6) is 11.5 Å². The van der Waals surface area contributed by atoms with Gasteiger partial charge >= 0.3 is 6.18 Å². The number of alkyl halides is 3. The van der Waals surface area contributed by atoms with E-state index in [-0.39, 0.29) is 26.7 Å². The van der Waals surface area contributed by atoms with Gasteiger partial charge in [-0.05, 0) is 22.0 Å². The molecule has 0 spiro atoms. The lowest BCUT2D eigenvalue weighted by Gasteiger charge is -2.13. The van der Waals surface area contributed by atoms with Crippen molar-refractivity contribution in [2.24, 2.45) is 0 Å². The monoisotopic (exact) mass is 384 g/mol. The highest BCUT2D eigenvalue weighted by Crippen LogP contribution is 2.38. The van der Waals surface area contributed by atoms with Crippen LogP contribution in [0.4, 0.5) is 23.2 Å².